The third kappa shape index (κ3) is 8.40. The molecule has 0 aromatic heterocycles. The van der Waals surface area contributed by atoms with Gasteiger partial charge in [0.05, 0.1) is 18.2 Å². The molecule has 114 valence electrons. The first-order valence-electron chi connectivity index (χ1n) is 6.59. The Kier molecular flexibility index (Phi) is 6.73. The first-order chi connectivity index (χ1) is 8.35. The molecule has 0 rings (SSSR count). The molecule has 0 saturated heterocycles. The summed E-state index contributed by atoms with van der Waals surface area (Å²) in [6.45, 7) is 11.8. The molecule has 1 unspecified atom stereocenters. The van der Waals surface area contributed by atoms with Crippen LogP contribution in [0.1, 0.15) is 54.4 Å². The summed E-state index contributed by atoms with van der Waals surface area (Å²) in [6.07, 6.45) is 0.991. The largest absolute Gasteiger partial charge is 0.356 e. The summed E-state index contributed by atoms with van der Waals surface area (Å²) in [4.78, 5) is 21.2. The molecule has 0 aromatic rings. The van der Waals surface area contributed by atoms with Crippen molar-refractivity contribution >= 4 is 13.5 Å². The molecule has 0 aromatic carbocycles. The Morgan fingerprint density at radius 1 is 1.21 bits per heavy atom. The van der Waals surface area contributed by atoms with Gasteiger partial charge in [-0.3, -0.25) is 9.36 Å². The minimum atomic E-state index is -3.67. The van der Waals surface area contributed by atoms with Gasteiger partial charge in [-0.2, -0.15) is 0 Å². The van der Waals surface area contributed by atoms with E-state index in [1.807, 2.05) is 0 Å². The van der Waals surface area contributed by atoms with Crippen LogP contribution in [-0.2, 0) is 13.9 Å². The average Bonchev–Trinajstić information content (AvgIpc) is 2.13. The van der Waals surface area contributed by atoms with Gasteiger partial charge in [-0.25, -0.2) is 0 Å². The fraction of sp³-hybridized carbons (Fsp3) is 0.923. The van der Waals surface area contributed by atoms with E-state index in [4.69, 9.17) is 4.52 Å². The Morgan fingerprint density at radius 3 is 2.16 bits per heavy atom. The van der Waals surface area contributed by atoms with Crippen LogP contribution < -0.4 is 5.32 Å². The SMILES string of the molecule is CC(C)(C)CCNC(=O)CCOP(=O)(O)C(C)(C)C. The minimum Gasteiger partial charge on any atom is -0.356 e. The quantitative estimate of drug-likeness (QED) is 0.738. The molecule has 0 heterocycles. The van der Waals surface area contributed by atoms with Crippen molar-refractivity contribution < 1.29 is 18.8 Å². The molecule has 19 heavy (non-hydrogen) atoms. The van der Waals surface area contributed by atoms with Crippen LogP contribution in [0.4, 0.5) is 0 Å². The third-order valence-corrected chi connectivity index (χ3v) is 4.87. The summed E-state index contributed by atoms with van der Waals surface area (Å²) in [5.41, 5.74) is 0.177. The predicted octanol–water partition coefficient (Wildman–Crippen LogP) is 2.93. The fourth-order valence-corrected chi connectivity index (χ4v) is 1.85. The van der Waals surface area contributed by atoms with Gasteiger partial charge in [-0.1, -0.05) is 20.8 Å². The lowest BCUT2D eigenvalue weighted by Crippen LogP contribution is -2.28. The number of nitrogens with one attached hydrogen (secondary N) is 1. The predicted molar refractivity (Wildman–Crippen MR) is 77.2 cm³/mol. The van der Waals surface area contributed by atoms with Crippen LogP contribution in [0.25, 0.3) is 0 Å². The summed E-state index contributed by atoms with van der Waals surface area (Å²) in [5, 5.41) is 1.95. The van der Waals surface area contributed by atoms with Gasteiger partial charge in [0.25, 0.3) is 0 Å². The first kappa shape index (κ1) is 18.6. The normalized spacial score (nSPS) is 15.9. The number of carbonyl (C=O) groups is 1. The molecule has 2 N–H and O–H groups in total. The zero-order valence-corrected chi connectivity index (χ0v) is 13.8. The first-order valence-corrected chi connectivity index (χ1v) is 8.17. The van der Waals surface area contributed by atoms with Crippen molar-refractivity contribution in [3.63, 3.8) is 0 Å². The maximum atomic E-state index is 11.8. The molecule has 0 spiro atoms. The highest BCUT2D eigenvalue weighted by atomic mass is 31.2. The topological polar surface area (TPSA) is 75.6 Å². The van der Waals surface area contributed by atoms with Gasteiger partial charge in [0.1, 0.15) is 0 Å². The van der Waals surface area contributed by atoms with Crippen LogP contribution in [0, 0.1) is 5.41 Å². The monoisotopic (exact) mass is 293 g/mol. The van der Waals surface area contributed by atoms with Crippen molar-refractivity contribution in [3.8, 4) is 0 Å². The zero-order chi connectivity index (χ0) is 15.3. The zero-order valence-electron chi connectivity index (χ0n) is 12.9. The van der Waals surface area contributed by atoms with Crippen molar-refractivity contribution in [1.82, 2.24) is 5.32 Å². The van der Waals surface area contributed by atoms with Gasteiger partial charge in [-0.05, 0) is 32.6 Å². The number of hydrogen-bond donors (Lipinski definition) is 2. The Balaban J connectivity index is 3.91. The number of rotatable bonds is 6. The van der Waals surface area contributed by atoms with Crippen LogP contribution >= 0.6 is 7.60 Å². The molecular formula is C13H28NO4P. The highest BCUT2D eigenvalue weighted by Crippen LogP contribution is 2.54. The molecule has 0 aliphatic heterocycles. The van der Waals surface area contributed by atoms with E-state index in [1.165, 1.54) is 0 Å². The van der Waals surface area contributed by atoms with Crippen LogP contribution in [0.5, 0.6) is 0 Å². The Bertz CT molecular complexity index is 342. The lowest BCUT2D eigenvalue weighted by atomic mass is 9.92. The molecular weight excluding hydrogens is 265 g/mol. The van der Waals surface area contributed by atoms with E-state index in [0.717, 1.165) is 6.42 Å². The number of hydrogen-bond acceptors (Lipinski definition) is 3. The van der Waals surface area contributed by atoms with E-state index in [0.29, 0.717) is 6.54 Å². The molecule has 0 aliphatic rings. The van der Waals surface area contributed by atoms with Crippen molar-refractivity contribution in [3.05, 3.63) is 0 Å². The van der Waals surface area contributed by atoms with Gasteiger partial charge in [-0.15, -0.1) is 0 Å². The Morgan fingerprint density at radius 2 is 1.74 bits per heavy atom. The molecule has 0 bridgehead atoms. The smallest absolute Gasteiger partial charge is 0.333 e. The maximum Gasteiger partial charge on any atom is 0.333 e. The molecule has 0 radical (unpaired) electrons. The van der Waals surface area contributed by atoms with Crippen LogP contribution in [0.2, 0.25) is 0 Å². The van der Waals surface area contributed by atoms with Gasteiger partial charge in [0.15, 0.2) is 0 Å². The van der Waals surface area contributed by atoms with Gasteiger partial charge >= 0.3 is 7.60 Å². The molecule has 5 nitrogen and oxygen atoms in total. The van der Waals surface area contributed by atoms with Crippen molar-refractivity contribution in [1.29, 1.82) is 0 Å². The van der Waals surface area contributed by atoms with E-state index in [9.17, 15) is 14.3 Å². The van der Waals surface area contributed by atoms with E-state index in [2.05, 4.69) is 26.1 Å². The van der Waals surface area contributed by atoms with E-state index < -0.39 is 12.8 Å². The van der Waals surface area contributed by atoms with Gasteiger partial charge < -0.3 is 14.7 Å². The third-order valence-electron chi connectivity index (χ3n) is 2.64. The highest BCUT2D eigenvalue weighted by molar-refractivity contribution is 7.54. The molecule has 0 aliphatic carbocycles. The second kappa shape index (κ2) is 6.87. The van der Waals surface area contributed by atoms with Crippen LogP contribution in [-0.4, -0.2) is 29.1 Å². The van der Waals surface area contributed by atoms with Gasteiger partial charge in [0, 0.05) is 6.54 Å². The van der Waals surface area contributed by atoms with Crippen molar-refractivity contribution in [2.75, 3.05) is 13.2 Å². The summed E-state index contributed by atoms with van der Waals surface area (Å²) in [5.74, 6) is -0.154. The Labute approximate surface area is 116 Å². The van der Waals surface area contributed by atoms with E-state index >= 15 is 0 Å². The summed E-state index contributed by atoms with van der Waals surface area (Å²) < 4.78 is 16.7. The summed E-state index contributed by atoms with van der Waals surface area (Å²) >= 11 is 0. The van der Waals surface area contributed by atoms with Crippen LogP contribution in [0.3, 0.4) is 0 Å². The molecule has 0 fully saturated rings. The molecule has 0 saturated carbocycles. The summed E-state index contributed by atoms with van der Waals surface area (Å²) in [6, 6.07) is 0. The van der Waals surface area contributed by atoms with E-state index in [1.54, 1.807) is 20.8 Å². The summed E-state index contributed by atoms with van der Waals surface area (Å²) in [7, 11) is -3.67. The standard InChI is InChI=1S/C13H28NO4P/c1-12(2,3)8-9-14-11(15)7-10-18-19(16,17)13(4,5)6/h7-10H2,1-6H3,(H,14,15)(H,16,17). The van der Waals surface area contributed by atoms with Crippen molar-refractivity contribution in [2.45, 2.75) is 59.5 Å². The highest BCUT2D eigenvalue weighted by Gasteiger charge is 2.36. The Hall–Kier alpha value is -0.380. The molecule has 1 atom stereocenters. The lowest BCUT2D eigenvalue weighted by Gasteiger charge is -2.24. The fourth-order valence-electron chi connectivity index (χ4n) is 1.12. The lowest BCUT2D eigenvalue weighted by molar-refractivity contribution is -0.121. The van der Waals surface area contributed by atoms with Crippen molar-refractivity contribution in [2.24, 2.45) is 5.41 Å². The second-order valence-corrected chi connectivity index (χ2v) is 9.58. The average molecular weight is 293 g/mol. The maximum absolute atomic E-state index is 11.8. The molecule has 6 heteroatoms. The number of carbonyl (C=O) groups excluding carboxylic acids is 1. The van der Waals surface area contributed by atoms with Crippen LogP contribution in [0.15, 0.2) is 0 Å². The molecule has 1 amide bonds. The van der Waals surface area contributed by atoms with Gasteiger partial charge in [0.2, 0.25) is 5.91 Å². The van der Waals surface area contributed by atoms with E-state index in [-0.39, 0.29) is 24.3 Å². The minimum absolute atomic E-state index is 0.0353. The number of amides is 1. The second-order valence-electron chi connectivity index (χ2n) is 6.94.